The van der Waals surface area contributed by atoms with E-state index in [0.29, 0.717) is 18.9 Å². The summed E-state index contributed by atoms with van der Waals surface area (Å²) in [5.41, 5.74) is -2.31. The number of carbonyl (C=O) groups is 2. The molecule has 4 heterocycles. The summed E-state index contributed by atoms with van der Waals surface area (Å²) in [4.78, 5) is 33.7. The maximum Gasteiger partial charge on any atom is 0.407 e. The predicted octanol–water partition coefficient (Wildman–Crippen LogP) is 5.52. The van der Waals surface area contributed by atoms with Gasteiger partial charge in [0.1, 0.15) is 15.9 Å². The monoisotopic (exact) mass is 713 g/mol. The van der Waals surface area contributed by atoms with Gasteiger partial charge in [0.05, 0.1) is 17.6 Å². The molecule has 48 heavy (non-hydrogen) atoms. The van der Waals surface area contributed by atoms with Crippen LogP contribution in [0.25, 0.3) is 5.82 Å². The van der Waals surface area contributed by atoms with Gasteiger partial charge in [-0.05, 0) is 82.6 Å². The largest absolute Gasteiger partial charge is 0.477 e. The zero-order valence-electron chi connectivity index (χ0n) is 26.1. The van der Waals surface area contributed by atoms with Crippen LogP contribution >= 0.6 is 11.6 Å². The first-order chi connectivity index (χ1) is 22.5. The number of hydrogen-bond acceptors (Lipinski definition) is 9. The Hall–Kier alpha value is -4.12. The fourth-order valence-electron chi connectivity index (χ4n) is 5.81. The van der Waals surface area contributed by atoms with Crippen molar-refractivity contribution in [1.29, 1.82) is 0 Å². The molecule has 1 aliphatic heterocycles. The first-order valence-electron chi connectivity index (χ1n) is 15.2. The summed E-state index contributed by atoms with van der Waals surface area (Å²) >= 11 is 6.20. The molecule has 1 saturated carbocycles. The molecule has 5 rings (SSSR count). The summed E-state index contributed by atoms with van der Waals surface area (Å²) in [5.74, 6) is -0.106. The molecule has 1 aliphatic carbocycles. The number of ether oxygens (including phenoxy) is 1. The van der Waals surface area contributed by atoms with E-state index in [4.69, 9.17) is 16.3 Å². The quantitative estimate of drug-likeness (QED) is 0.152. The van der Waals surface area contributed by atoms with Gasteiger partial charge in [-0.25, -0.2) is 32.6 Å². The molecular weight excluding hydrogens is 679 g/mol. The smallest absolute Gasteiger partial charge is 0.407 e. The number of rotatable bonds is 13. The third kappa shape index (κ3) is 7.94. The van der Waals surface area contributed by atoms with Crippen LogP contribution in [0.5, 0.6) is 5.88 Å². The number of amides is 2. The molecule has 13 nitrogen and oxygen atoms in total. The molecule has 18 heteroatoms. The molecule has 2 fully saturated rings. The number of nitrogens with zero attached hydrogens (tertiary/aromatic N) is 5. The van der Waals surface area contributed by atoms with E-state index in [0.717, 1.165) is 25.5 Å². The lowest BCUT2D eigenvalue weighted by atomic mass is 9.93. The highest BCUT2D eigenvalue weighted by Gasteiger charge is 2.62. The van der Waals surface area contributed by atoms with Gasteiger partial charge < -0.3 is 20.1 Å². The van der Waals surface area contributed by atoms with Crippen LogP contribution in [0, 0.1) is 11.3 Å². The van der Waals surface area contributed by atoms with E-state index in [1.54, 1.807) is 0 Å². The number of likely N-dealkylation sites (tertiary alicyclic amines) is 1. The maximum atomic E-state index is 13.1. The minimum atomic E-state index is -4.32. The topological polar surface area (TPSA) is 169 Å². The van der Waals surface area contributed by atoms with Gasteiger partial charge >= 0.3 is 12.3 Å². The van der Waals surface area contributed by atoms with Gasteiger partial charge in [0, 0.05) is 37.1 Å². The highest BCUT2D eigenvalue weighted by atomic mass is 35.5. The van der Waals surface area contributed by atoms with E-state index < -0.39 is 39.2 Å². The molecule has 2 aliphatic rings. The second-order valence-corrected chi connectivity index (χ2v) is 14.7. The van der Waals surface area contributed by atoms with E-state index in [9.17, 15) is 36.3 Å². The zero-order valence-corrected chi connectivity index (χ0v) is 27.7. The van der Waals surface area contributed by atoms with E-state index in [2.05, 4.69) is 20.4 Å². The number of carboxylic acid groups (broad SMARTS) is 1. The molecule has 1 saturated heterocycles. The van der Waals surface area contributed by atoms with Crippen molar-refractivity contribution in [3.63, 3.8) is 0 Å². The number of sulfonamides is 1. The number of alkyl halides is 3. The molecule has 0 radical (unpaired) electrons. The summed E-state index contributed by atoms with van der Waals surface area (Å²) in [6.07, 6.45) is -0.275. The van der Waals surface area contributed by atoms with E-state index in [1.165, 1.54) is 46.1 Å². The Balaban J connectivity index is 1.10. The van der Waals surface area contributed by atoms with Crippen LogP contribution in [0.4, 0.5) is 23.8 Å². The Kier molecular flexibility index (Phi) is 9.83. The fraction of sp³-hybridized carbons (Fsp3) is 0.500. The first kappa shape index (κ1) is 35.2. The van der Waals surface area contributed by atoms with Gasteiger partial charge in [-0.2, -0.15) is 13.2 Å². The van der Waals surface area contributed by atoms with Crippen LogP contribution in [0.1, 0.15) is 62.7 Å². The third-order valence-corrected chi connectivity index (χ3v) is 10.3. The lowest BCUT2D eigenvalue weighted by molar-refractivity contribution is -0.190. The number of anilines is 1. The Bertz CT molecular complexity index is 1760. The second kappa shape index (κ2) is 13.4. The normalized spacial score (nSPS) is 18.4. The number of nitrogens with one attached hydrogen (secondary N) is 2. The van der Waals surface area contributed by atoms with Crippen LogP contribution in [-0.2, 0) is 10.0 Å². The molecule has 0 spiro atoms. The summed E-state index contributed by atoms with van der Waals surface area (Å²) < 4.78 is 73.7. The molecule has 3 aromatic heterocycles. The molecule has 0 bridgehead atoms. The fourth-order valence-corrected chi connectivity index (χ4v) is 6.96. The number of aromatic nitrogens is 4. The van der Waals surface area contributed by atoms with Crippen molar-refractivity contribution in [2.45, 2.75) is 69.0 Å². The van der Waals surface area contributed by atoms with Gasteiger partial charge in [-0.3, -0.25) is 4.79 Å². The molecule has 0 aromatic carbocycles. The van der Waals surface area contributed by atoms with Crippen molar-refractivity contribution < 1.29 is 41.0 Å². The summed E-state index contributed by atoms with van der Waals surface area (Å²) in [6.45, 7) is 4.71. The molecule has 3 aromatic rings. The molecule has 1 unspecified atom stereocenters. The Morgan fingerprint density at radius 3 is 2.52 bits per heavy atom. The third-order valence-electron chi connectivity index (χ3n) is 8.72. The molecule has 2 amide bonds. The lowest BCUT2D eigenvalue weighted by Crippen LogP contribution is -2.41. The number of hydrogen-bond donors (Lipinski definition) is 3. The van der Waals surface area contributed by atoms with Crippen molar-refractivity contribution in [2.24, 2.45) is 11.3 Å². The average molecular weight is 714 g/mol. The van der Waals surface area contributed by atoms with Crippen molar-refractivity contribution >= 4 is 39.4 Å². The van der Waals surface area contributed by atoms with Gasteiger partial charge in [0.15, 0.2) is 5.82 Å². The summed E-state index contributed by atoms with van der Waals surface area (Å²) in [7, 11) is -4.32. The number of carbonyl (C=O) groups excluding carboxylic acids is 1. The first-order valence-corrected chi connectivity index (χ1v) is 17.1. The van der Waals surface area contributed by atoms with Crippen LogP contribution in [0.2, 0.25) is 5.15 Å². The Labute approximate surface area is 279 Å². The van der Waals surface area contributed by atoms with Crippen molar-refractivity contribution in [1.82, 2.24) is 29.4 Å². The molecular formula is C30H35ClF3N7O6S. The highest BCUT2D eigenvalue weighted by Crippen LogP contribution is 2.59. The second-order valence-electron chi connectivity index (χ2n) is 12.6. The maximum absolute atomic E-state index is 13.1. The van der Waals surface area contributed by atoms with Gasteiger partial charge in [0.2, 0.25) is 5.88 Å². The molecule has 1 atom stereocenters. The minimum Gasteiger partial charge on any atom is -0.477 e. The Morgan fingerprint density at radius 1 is 1.17 bits per heavy atom. The van der Waals surface area contributed by atoms with Crippen LogP contribution in [-0.4, -0.2) is 81.6 Å². The SMILES string of the molecule is CC1(C)CC(CCCNc2ccc(S(=O)(=O)NC(=O)c3ccc(-n4ccc(OCCC5(C(F)(F)F)CC5)n4)nc3Cl)cn2)CN1C(=O)O. The standard InChI is InChI=1S/C30H35ClF3N7O6S/c1-28(2)16-19(18-40(28)27(43)44)4-3-13-35-22-7-5-20(17-36-22)48(45,46)39-26(42)21-6-8-23(37-25(21)31)41-14-9-24(38-41)47-15-12-29(10-11-29)30(32,33)34/h5-9,14,17,19H,3-4,10-13,15-16,18H2,1-2H3,(H,35,36)(H,39,42)(H,43,44). The minimum absolute atomic E-state index is 0.0795. The Morgan fingerprint density at radius 2 is 1.92 bits per heavy atom. The summed E-state index contributed by atoms with van der Waals surface area (Å²) in [5, 5.41) is 16.3. The van der Waals surface area contributed by atoms with Gasteiger partial charge in [-0.15, -0.1) is 5.10 Å². The van der Waals surface area contributed by atoms with Crippen LogP contribution in [0.3, 0.4) is 0 Å². The highest BCUT2D eigenvalue weighted by molar-refractivity contribution is 7.90. The van der Waals surface area contributed by atoms with Gasteiger partial charge in [0.25, 0.3) is 15.9 Å². The van der Waals surface area contributed by atoms with E-state index in [-0.39, 0.29) is 59.1 Å². The van der Waals surface area contributed by atoms with E-state index >= 15 is 0 Å². The molecule has 260 valence electrons. The molecule has 3 N–H and O–H groups in total. The van der Waals surface area contributed by atoms with Gasteiger partial charge in [-0.1, -0.05) is 11.6 Å². The average Bonchev–Trinajstić information content (AvgIpc) is 3.55. The van der Waals surface area contributed by atoms with Crippen molar-refractivity contribution in [3.8, 4) is 11.7 Å². The van der Waals surface area contributed by atoms with Crippen LogP contribution in [0.15, 0.2) is 47.6 Å². The number of halogens is 4. The van der Waals surface area contributed by atoms with Crippen molar-refractivity contribution in [2.75, 3.05) is 25.0 Å². The lowest BCUT2D eigenvalue weighted by Gasteiger charge is -2.28. The number of pyridine rings is 2. The zero-order chi connectivity index (χ0) is 34.9. The predicted molar refractivity (Wildman–Crippen MR) is 168 cm³/mol. The van der Waals surface area contributed by atoms with E-state index in [1.807, 2.05) is 18.6 Å². The summed E-state index contributed by atoms with van der Waals surface area (Å²) in [6, 6.07) is 6.83. The van der Waals surface area contributed by atoms with Crippen molar-refractivity contribution in [3.05, 3.63) is 53.4 Å². The van der Waals surface area contributed by atoms with Crippen LogP contribution < -0.4 is 14.8 Å².